The van der Waals surface area contributed by atoms with Crippen molar-refractivity contribution in [2.24, 2.45) is 45.8 Å². The predicted octanol–water partition coefficient (Wildman–Crippen LogP) is 5.08. The Kier molecular flexibility index (Phi) is 5.20. The van der Waals surface area contributed by atoms with E-state index >= 15 is 0 Å². The van der Waals surface area contributed by atoms with Crippen LogP contribution in [0.4, 0.5) is 0 Å². The van der Waals surface area contributed by atoms with Crippen molar-refractivity contribution in [2.45, 2.75) is 98.0 Å². The lowest BCUT2D eigenvalue weighted by molar-refractivity contribution is -0.178. The van der Waals surface area contributed by atoms with Crippen molar-refractivity contribution in [3.8, 4) is 0 Å². The number of carboxylic acid groups (broad SMARTS) is 1. The Morgan fingerprint density at radius 3 is 2.48 bits per heavy atom. The Balaban J connectivity index is 1.63. The van der Waals surface area contributed by atoms with Crippen molar-refractivity contribution in [1.82, 2.24) is 0 Å². The second-order valence-corrected chi connectivity index (χ2v) is 11.8. The fourth-order valence-corrected chi connectivity index (χ4v) is 8.86. The first kappa shape index (κ1) is 21.3. The highest BCUT2D eigenvalue weighted by molar-refractivity contribution is 5.84. The van der Waals surface area contributed by atoms with E-state index in [9.17, 15) is 14.7 Å². The summed E-state index contributed by atoms with van der Waals surface area (Å²) in [6.07, 6.45) is 8.65. The predicted molar refractivity (Wildman–Crippen MR) is 112 cm³/mol. The Morgan fingerprint density at radius 1 is 1.10 bits per heavy atom. The second-order valence-electron chi connectivity index (χ2n) is 11.8. The molecule has 29 heavy (non-hydrogen) atoms. The van der Waals surface area contributed by atoms with E-state index in [1.54, 1.807) is 0 Å². The zero-order valence-corrected chi connectivity index (χ0v) is 18.7. The van der Waals surface area contributed by atoms with E-state index < -0.39 is 5.97 Å². The van der Waals surface area contributed by atoms with Crippen LogP contribution in [0.2, 0.25) is 0 Å². The summed E-state index contributed by atoms with van der Waals surface area (Å²) in [4.78, 5) is 24.7. The van der Waals surface area contributed by atoms with E-state index in [1.165, 1.54) is 0 Å². The van der Waals surface area contributed by atoms with Gasteiger partial charge in [0.1, 0.15) is 5.78 Å². The molecule has 9 atom stereocenters. The van der Waals surface area contributed by atoms with Gasteiger partial charge >= 0.3 is 5.97 Å². The van der Waals surface area contributed by atoms with Gasteiger partial charge in [0.2, 0.25) is 0 Å². The molecule has 164 valence electrons. The molecule has 4 nitrogen and oxygen atoms in total. The van der Waals surface area contributed by atoms with Gasteiger partial charge in [-0.05, 0) is 91.3 Å². The molecule has 0 aromatic carbocycles. The highest BCUT2D eigenvalue weighted by Gasteiger charge is 2.68. The molecule has 0 aromatic rings. The zero-order chi connectivity index (χ0) is 21.2. The van der Waals surface area contributed by atoms with Crippen LogP contribution in [0.25, 0.3) is 0 Å². The Labute approximate surface area is 175 Å². The molecule has 2 N–H and O–H groups in total. The lowest BCUT2D eigenvalue weighted by Crippen LogP contribution is -2.61. The lowest BCUT2D eigenvalue weighted by Gasteiger charge is -2.64. The molecule has 0 saturated heterocycles. The SMILES string of the molecule is C[C@H](CCC(=O)O)[C@H]1CC[C@@]2(C)[C@@H]3C(=O)C[C@@H]4C[C@H](O)CC[C@]4(C)[C@H]3CC[C@]12C. The van der Waals surface area contributed by atoms with Gasteiger partial charge < -0.3 is 10.2 Å². The van der Waals surface area contributed by atoms with Crippen LogP contribution < -0.4 is 0 Å². The van der Waals surface area contributed by atoms with Crippen molar-refractivity contribution in [2.75, 3.05) is 0 Å². The molecule has 0 aliphatic heterocycles. The number of hydrogen-bond donors (Lipinski definition) is 2. The fraction of sp³-hybridized carbons (Fsp3) is 0.920. The zero-order valence-electron chi connectivity index (χ0n) is 18.7. The van der Waals surface area contributed by atoms with Crippen LogP contribution in [0, 0.1) is 45.8 Å². The summed E-state index contributed by atoms with van der Waals surface area (Å²) in [5.41, 5.74) is 0.341. The monoisotopic (exact) mass is 404 g/mol. The van der Waals surface area contributed by atoms with Gasteiger partial charge in [-0.3, -0.25) is 9.59 Å². The fourth-order valence-electron chi connectivity index (χ4n) is 8.86. The van der Waals surface area contributed by atoms with E-state index in [2.05, 4.69) is 27.7 Å². The number of rotatable bonds is 4. The molecule has 0 aromatic heterocycles. The van der Waals surface area contributed by atoms with Crippen molar-refractivity contribution < 1.29 is 19.8 Å². The van der Waals surface area contributed by atoms with E-state index in [-0.39, 0.29) is 34.7 Å². The molecule has 0 bridgehead atoms. The van der Waals surface area contributed by atoms with Gasteiger partial charge in [0.05, 0.1) is 6.10 Å². The Morgan fingerprint density at radius 2 is 1.79 bits per heavy atom. The highest BCUT2D eigenvalue weighted by atomic mass is 16.4. The van der Waals surface area contributed by atoms with Gasteiger partial charge in [-0.15, -0.1) is 0 Å². The van der Waals surface area contributed by atoms with E-state index in [1.807, 2.05) is 0 Å². The topological polar surface area (TPSA) is 74.6 Å². The summed E-state index contributed by atoms with van der Waals surface area (Å²) in [6, 6.07) is 0. The smallest absolute Gasteiger partial charge is 0.303 e. The van der Waals surface area contributed by atoms with Crippen LogP contribution >= 0.6 is 0 Å². The second kappa shape index (κ2) is 7.07. The van der Waals surface area contributed by atoms with Crippen LogP contribution in [0.1, 0.15) is 91.9 Å². The normalized spacial score (nSPS) is 50.4. The number of aliphatic hydroxyl groups is 1. The maximum absolute atomic E-state index is 13.6. The van der Waals surface area contributed by atoms with Gasteiger partial charge in [0.15, 0.2) is 0 Å². The lowest BCUT2D eigenvalue weighted by atomic mass is 9.40. The van der Waals surface area contributed by atoms with Gasteiger partial charge in [0.25, 0.3) is 0 Å². The van der Waals surface area contributed by atoms with Crippen molar-refractivity contribution in [3.05, 3.63) is 0 Å². The van der Waals surface area contributed by atoms with E-state index in [0.29, 0.717) is 35.9 Å². The van der Waals surface area contributed by atoms with Crippen molar-refractivity contribution >= 4 is 11.8 Å². The molecule has 0 spiro atoms. The third-order valence-corrected chi connectivity index (χ3v) is 10.8. The summed E-state index contributed by atoms with van der Waals surface area (Å²) in [6.45, 7) is 9.47. The molecule has 0 heterocycles. The number of fused-ring (bicyclic) bond motifs is 5. The molecular formula is C25H40O4. The number of hydrogen-bond acceptors (Lipinski definition) is 3. The summed E-state index contributed by atoms with van der Waals surface area (Å²) in [7, 11) is 0. The molecule has 0 amide bonds. The van der Waals surface area contributed by atoms with Crippen molar-refractivity contribution in [1.29, 1.82) is 0 Å². The maximum Gasteiger partial charge on any atom is 0.303 e. The third kappa shape index (κ3) is 3.03. The summed E-state index contributed by atoms with van der Waals surface area (Å²) >= 11 is 0. The number of aliphatic hydroxyl groups excluding tert-OH is 1. The average Bonchev–Trinajstić information content (AvgIpc) is 2.92. The summed E-state index contributed by atoms with van der Waals surface area (Å²) in [5, 5.41) is 19.4. The van der Waals surface area contributed by atoms with E-state index in [0.717, 1.165) is 51.4 Å². The molecule has 4 aliphatic rings. The van der Waals surface area contributed by atoms with Gasteiger partial charge in [-0.25, -0.2) is 0 Å². The van der Waals surface area contributed by atoms with Crippen LogP contribution in [0.3, 0.4) is 0 Å². The average molecular weight is 405 g/mol. The largest absolute Gasteiger partial charge is 0.481 e. The number of carboxylic acids is 1. The molecule has 4 rings (SSSR count). The molecule has 0 radical (unpaired) electrons. The molecule has 0 unspecified atom stereocenters. The Bertz CT molecular complexity index is 688. The standard InChI is InChI=1S/C25H40O4/c1-15(5-6-21(28)29)18-8-12-25(4)22-19(9-11-24(18,25)3)23(2)10-7-17(26)13-16(23)14-20(22)27/h15-19,22,26H,5-14H2,1-4H3,(H,28,29)/t15-,16+,17-,18-,19+,22+,23+,24-,25+/m1/s1. The van der Waals surface area contributed by atoms with Gasteiger partial charge in [0, 0.05) is 18.8 Å². The summed E-state index contributed by atoms with van der Waals surface area (Å²) in [5.74, 6) is 1.60. The first-order valence-corrected chi connectivity index (χ1v) is 12.0. The van der Waals surface area contributed by atoms with Crippen LogP contribution in [0.5, 0.6) is 0 Å². The molecule has 4 fully saturated rings. The molecule has 4 aliphatic carbocycles. The van der Waals surface area contributed by atoms with Gasteiger partial charge in [-0.1, -0.05) is 27.7 Å². The first-order valence-electron chi connectivity index (χ1n) is 12.0. The van der Waals surface area contributed by atoms with Gasteiger partial charge in [-0.2, -0.15) is 0 Å². The minimum Gasteiger partial charge on any atom is -0.481 e. The Hall–Kier alpha value is -0.900. The minimum absolute atomic E-state index is 0.0270. The van der Waals surface area contributed by atoms with Crippen molar-refractivity contribution in [3.63, 3.8) is 0 Å². The number of carbonyl (C=O) groups is 2. The maximum atomic E-state index is 13.6. The number of aliphatic carboxylic acids is 1. The van der Waals surface area contributed by atoms with E-state index in [4.69, 9.17) is 5.11 Å². The van der Waals surface area contributed by atoms with Crippen LogP contribution in [-0.2, 0) is 9.59 Å². The first-order chi connectivity index (χ1) is 13.5. The van der Waals surface area contributed by atoms with Crippen LogP contribution in [0.15, 0.2) is 0 Å². The molecule has 4 saturated carbocycles. The highest BCUT2D eigenvalue weighted by Crippen LogP contribution is 2.72. The summed E-state index contributed by atoms with van der Waals surface area (Å²) < 4.78 is 0. The number of Topliss-reactive ketones (excluding diaryl/α,β-unsaturated/α-hetero) is 1. The quantitative estimate of drug-likeness (QED) is 0.685. The number of ketones is 1. The van der Waals surface area contributed by atoms with Crippen LogP contribution in [-0.4, -0.2) is 28.1 Å². The third-order valence-electron chi connectivity index (χ3n) is 10.8. The molecule has 4 heteroatoms. The number of carbonyl (C=O) groups excluding carboxylic acids is 1. The molecular weight excluding hydrogens is 364 g/mol. The minimum atomic E-state index is -0.701.